The van der Waals surface area contributed by atoms with Gasteiger partial charge in [0.05, 0.1) is 6.10 Å². The Hall–Kier alpha value is -1.06. The highest BCUT2D eigenvalue weighted by Crippen LogP contribution is 2.24. The zero-order valence-electron chi connectivity index (χ0n) is 12.5. The predicted molar refractivity (Wildman–Crippen MR) is 83.2 cm³/mol. The van der Waals surface area contributed by atoms with E-state index < -0.39 is 0 Å². The van der Waals surface area contributed by atoms with Crippen molar-refractivity contribution in [2.24, 2.45) is 0 Å². The fraction of sp³-hybridized carbons (Fsp3) is 0.647. The van der Waals surface area contributed by atoms with Crippen LogP contribution in [-0.4, -0.2) is 37.2 Å². The molecule has 1 atom stereocenters. The van der Waals surface area contributed by atoms with Gasteiger partial charge < -0.3 is 10.1 Å². The number of hydrogen-bond donors (Lipinski definition) is 1. The average molecular weight is 274 g/mol. The molecule has 0 radical (unpaired) electrons. The van der Waals surface area contributed by atoms with Crippen LogP contribution in [0.5, 0.6) is 0 Å². The van der Waals surface area contributed by atoms with E-state index in [9.17, 15) is 0 Å². The van der Waals surface area contributed by atoms with Gasteiger partial charge in [-0.1, -0.05) is 19.1 Å². The smallest absolute Gasteiger partial charge is 0.0702 e. The summed E-state index contributed by atoms with van der Waals surface area (Å²) in [6.07, 6.45) is 5.38. The van der Waals surface area contributed by atoms with E-state index in [-0.39, 0.29) is 0 Å². The summed E-state index contributed by atoms with van der Waals surface area (Å²) in [4.78, 5) is 2.51. The quantitative estimate of drug-likeness (QED) is 0.893. The lowest BCUT2D eigenvalue weighted by atomic mass is 10.0. The highest BCUT2D eigenvalue weighted by molar-refractivity contribution is 5.54. The molecule has 20 heavy (non-hydrogen) atoms. The maximum absolute atomic E-state index is 5.76. The van der Waals surface area contributed by atoms with Crippen LogP contribution in [0.1, 0.15) is 37.3 Å². The van der Waals surface area contributed by atoms with E-state index in [1.807, 2.05) is 0 Å². The molecule has 3 heteroatoms. The first-order valence-electron chi connectivity index (χ1n) is 8.05. The molecule has 0 saturated carbocycles. The van der Waals surface area contributed by atoms with E-state index in [0.717, 1.165) is 32.8 Å². The average Bonchev–Trinajstić information content (AvgIpc) is 2.99. The minimum Gasteiger partial charge on any atom is -0.385 e. The molecule has 0 spiro atoms. The Labute approximate surface area is 122 Å². The molecule has 3 rings (SSSR count). The van der Waals surface area contributed by atoms with Crippen molar-refractivity contribution in [3.63, 3.8) is 0 Å². The van der Waals surface area contributed by atoms with Crippen LogP contribution in [0.25, 0.3) is 0 Å². The number of fused-ring (bicyclic) bond motifs is 1. The molecule has 110 valence electrons. The second-order valence-electron chi connectivity index (χ2n) is 5.98. The number of ether oxygens (including phenoxy) is 1. The summed E-state index contributed by atoms with van der Waals surface area (Å²) in [5.74, 6) is 0. The molecule has 2 aliphatic rings. The number of hydrogen-bond acceptors (Lipinski definition) is 3. The summed E-state index contributed by atoms with van der Waals surface area (Å²) in [6.45, 7) is 7.53. The van der Waals surface area contributed by atoms with Gasteiger partial charge >= 0.3 is 0 Å². The van der Waals surface area contributed by atoms with Gasteiger partial charge in [0.2, 0.25) is 0 Å². The van der Waals surface area contributed by atoms with Crippen LogP contribution in [-0.2, 0) is 17.7 Å². The van der Waals surface area contributed by atoms with Crippen molar-refractivity contribution in [2.75, 3.05) is 31.6 Å². The van der Waals surface area contributed by atoms with E-state index in [0.29, 0.717) is 6.10 Å². The third kappa shape index (κ3) is 3.33. The number of nitrogens with one attached hydrogen (secondary N) is 1. The summed E-state index contributed by atoms with van der Waals surface area (Å²) >= 11 is 0. The van der Waals surface area contributed by atoms with E-state index in [2.05, 4.69) is 35.3 Å². The minimum absolute atomic E-state index is 0.453. The molecule has 0 bridgehead atoms. The van der Waals surface area contributed by atoms with Gasteiger partial charge in [-0.2, -0.15) is 0 Å². The zero-order valence-corrected chi connectivity index (χ0v) is 12.5. The van der Waals surface area contributed by atoms with Crippen molar-refractivity contribution >= 4 is 5.69 Å². The molecule has 1 saturated heterocycles. The molecule has 1 N–H and O–H groups in total. The molecule has 2 heterocycles. The van der Waals surface area contributed by atoms with Crippen molar-refractivity contribution < 1.29 is 4.74 Å². The van der Waals surface area contributed by atoms with Crippen LogP contribution in [0, 0.1) is 0 Å². The number of nitrogens with zero attached hydrogens (tertiary/aromatic N) is 1. The maximum atomic E-state index is 5.76. The molecule has 2 aliphatic heterocycles. The first-order chi connectivity index (χ1) is 9.85. The number of anilines is 1. The fourth-order valence-corrected chi connectivity index (χ4v) is 3.27. The zero-order chi connectivity index (χ0) is 13.8. The SMILES string of the molecule is CCN(Cc1ccc2c(c1)CCCN2)CC1CCCO1. The van der Waals surface area contributed by atoms with Gasteiger partial charge in [-0.05, 0) is 49.4 Å². The second-order valence-corrected chi connectivity index (χ2v) is 5.98. The minimum atomic E-state index is 0.453. The fourth-order valence-electron chi connectivity index (χ4n) is 3.27. The van der Waals surface area contributed by atoms with Gasteiger partial charge in [0.1, 0.15) is 0 Å². The molecule has 0 aromatic heterocycles. The Balaban J connectivity index is 1.62. The van der Waals surface area contributed by atoms with Crippen LogP contribution in [0.4, 0.5) is 5.69 Å². The van der Waals surface area contributed by atoms with Gasteiger partial charge in [-0.25, -0.2) is 0 Å². The van der Waals surface area contributed by atoms with E-state index in [1.54, 1.807) is 0 Å². The normalized spacial score (nSPS) is 21.8. The van der Waals surface area contributed by atoms with Gasteiger partial charge in [0, 0.05) is 31.9 Å². The lowest BCUT2D eigenvalue weighted by molar-refractivity contribution is 0.0725. The topological polar surface area (TPSA) is 24.5 Å². The molecule has 0 aliphatic carbocycles. The third-order valence-corrected chi connectivity index (χ3v) is 4.45. The van der Waals surface area contributed by atoms with Crippen LogP contribution in [0.15, 0.2) is 18.2 Å². The first-order valence-corrected chi connectivity index (χ1v) is 8.05. The van der Waals surface area contributed by atoms with Crippen molar-refractivity contribution in [1.82, 2.24) is 4.90 Å². The molecule has 0 amide bonds. The van der Waals surface area contributed by atoms with Crippen LogP contribution >= 0.6 is 0 Å². The summed E-state index contributed by atoms with van der Waals surface area (Å²) in [7, 11) is 0. The second kappa shape index (κ2) is 6.59. The summed E-state index contributed by atoms with van der Waals surface area (Å²) in [5.41, 5.74) is 4.26. The molecular formula is C17H26N2O. The summed E-state index contributed by atoms with van der Waals surface area (Å²) in [6, 6.07) is 6.92. The molecule has 1 fully saturated rings. The van der Waals surface area contributed by atoms with Crippen molar-refractivity contribution in [3.05, 3.63) is 29.3 Å². The highest BCUT2D eigenvalue weighted by atomic mass is 16.5. The Morgan fingerprint density at radius 3 is 3.10 bits per heavy atom. The van der Waals surface area contributed by atoms with Crippen LogP contribution in [0.2, 0.25) is 0 Å². The number of aryl methyl sites for hydroxylation is 1. The molecule has 3 nitrogen and oxygen atoms in total. The van der Waals surface area contributed by atoms with Gasteiger partial charge in [0.25, 0.3) is 0 Å². The molecular weight excluding hydrogens is 248 g/mol. The van der Waals surface area contributed by atoms with E-state index >= 15 is 0 Å². The van der Waals surface area contributed by atoms with E-state index in [4.69, 9.17) is 4.74 Å². The molecule has 1 aromatic carbocycles. The Morgan fingerprint density at radius 1 is 1.35 bits per heavy atom. The van der Waals surface area contributed by atoms with Gasteiger partial charge in [-0.3, -0.25) is 4.90 Å². The van der Waals surface area contributed by atoms with Crippen molar-refractivity contribution in [1.29, 1.82) is 0 Å². The number of likely N-dealkylation sites (N-methyl/N-ethyl adjacent to an activating group) is 1. The largest absolute Gasteiger partial charge is 0.385 e. The highest BCUT2D eigenvalue weighted by Gasteiger charge is 2.19. The van der Waals surface area contributed by atoms with Gasteiger partial charge in [0.15, 0.2) is 0 Å². The molecule has 1 unspecified atom stereocenters. The molecule has 1 aromatic rings. The Morgan fingerprint density at radius 2 is 2.30 bits per heavy atom. The van der Waals surface area contributed by atoms with Crippen molar-refractivity contribution in [2.45, 2.75) is 45.3 Å². The first kappa shape index (κ1) is 13.9. The standard InChI is InChI=1S/C17H26N2O/c1-2-19(13-16-6-4-10-20-16)12-14-7-8-17-15(11-14)5-3-9-18-17/h7-8,11,16,18H,2-6,9-10,12-13H2,1H3. The summed E-state index contributed by atoms with van der Waals surface area (Å²) < 4.78 is 5.76. The number of rotatable bonds is 5. The maximum Gasteiger partial charge on any atom is 0.0702 e. The third-order valence-electron chi connectivity index (χ3n) is 4.45. The van der Waals surface area contributed by atoms with E-state index in [1.165, 1.54) is 42.5 Å². The predicted octanol–water partition coefficient (Wildman–Crippen LogP) is 3.05. The van der Waals surface area contributed by atoms with Crippen molar-refractivity contribution in [3.8, 4) is 0 Å². The van der Waals surface area contributed by atoms with Crippen LogP contribution < -0.4 is 5.32 Å². The summed E-state index contributed by atoms with van der Waals surface area (Å²) in [5, 5.41) is 3.48. The lowest BCUT2D eigenvalue weighted by Crippen LogP contribution is -2.31. The Bertz CT molecular complexity index is 441. The Kier molecular flexibility index (Phi) is 4.58. The van der Waals surface area contributed by atoms with Gasteiger partial charge in [-0.15, -0.1) is 0 Å². The number of benzene rings is 1. The lowest BCUT2D eigenvalue weighted by Gasteiger charge is -2.25. The monoisotopic (exact) mass is 274 g/mol. The van der Waals surface area contributed by atoms with Crippen LogP contribution in [0.3, 0.4) is 0 Å².